The predicted octanol–water partition coefficient (Wildman–Crippen LogP) is 0.676. The number of hydrogen-bond acceptors (Lipinski definition) is 3. The van der Waals surface area contributed by atoms with E-state index in [1.54, 1.807) is 0 Å². The molecule has 1 aliphatic rings. The van der Waals surface area contributed by atoms with Gasteiger partial charge in [0.2, 0.25) is 0 Å². The molecule has 0 fully saturated rings. The van der Waals surface area contributed by atoms with Gasteiger partial charge in [0, 0.05) is 19.2 Å². The Morgan fingerprint density at radius 3 is 2.50 bits per heavy atom. The van der Waals surface area contributed by atoms with Crippen molar-refractivity contribution in [1.29, 1.82) is 0 Å². The molecule has 1 aromatic carbocycles. The highest BCUT2D eigenvalue weighted by Crippen LogP contribution is 2.24. The second-order valence-electron chi connectivity index (χ2n) is 3.77. The van der Waals surface area contributed by atoms with Gasteiger partial charge in [0.15, 0.2) is 11.6 Å². The molecule has 0 saturated heterocycles. The molecule has 0 aliphatic carbocycles. The first-order valence-electron chi connectivity index (χ1n) is 5.27. The SMILES string of the molecule is NCCN1C(=O)C=C(c2ccc(F)c(F)c2)C1=O. The van der Waals surface area contributed by atoms with Gasteiger partial charge in [0.25, 0.3) is 11.8 Å². The summed E-state index contributed by atoms with van der Waals surface area (Å²) in [5.41, 5.74) is 5.50. The molecule has 1 heterocycles. The molecule has 0 unspecified atom stereocenters. The van der Waals surface area contributed by atoms with Crippen molar-refractivity contribution in [2.24, 2.45) is 5.73 Å². The third kappa shape index (κ3) is 2.02. The summed E-state index contributed by atoms with van der Waals surface area (Å²) in [6.07, 6.45) is 1.10. The van der Waals surface area contributed by atoms with Crippen molar-refractivity contribution < 1.29 is 18.4 Å². The highest BCUT2D eigenvalue weighted by molar-refractivity contribution is 6.33. The Balaban J connectivity index is 2.35. The lowest BCUT2D eigenvalue weighted by molar-refractivity contribution is -0.136. The van der Waals surface area contributed by atoms with Gasteiger partial charge in [-0.2, -0.15) is 0 Å². The normalized spacial score (nSPS) is 15.3. The van der Waals surface area contributed by atoms with Crippen LogP contribution >= 0.6 is 0 Å². The van der Waals surface area contributed by atoms with Gasteiger partial charge in [-0.25, -0.2) is 8.78 Å². The van der Waals surface area contributed by atoms with E-state index in [1.807, 2.05) is 0 Å². The molecule has 0 atom stereocenters. The fourth-order valence-electron chi connectivity index (χ4n) is 1.72. The Kier molecular flexibility index (Phi) is 3.20. The lowest BCUT2D eigenvalue weighted by Gasteiger charge is -2.13. The molecule has 1 aliphatic heterocycles. The lowest BCUT2D eigenvalue weighted by Crippen LogP contribution is -2.35. The summed E-state index contributed by atoms with van der Waals surface area (Å²) in [4.78, 5) is 24.4. The standard InChI is InChI=1S/C12H10F2N2O2/c13-9-2-1-7(5-10(9)14)8-6-11(17)16(4-3-15)12(8)18/h1-2,5-6H,3-4,15H2. The first-order chi connectivity index (χ1) is 8.54. The Labute approximate surface area is 102 Å². The largest absolute Gasteiger partial charge is 0.329 e. The van der Waals surface area contributed by atoms with E-state index >= 15 is 0 Å². The Morgan fingerprint density at radius 2 is 1.89 bits per heavy atom. The minimum atomic E-state index is -1.06. The van der Waals surface area contributed by atoms with E-state index in [1.165, 1.54) is 6.07 Å². The third-order valence-electron chi connectivity index (χ3n) is 2.59. The van der Waals surface area contributed by atoms with Gasteiger partial charge < -0.3 is 5.73 Å². The zero-order valence-electron chi connectivity index (χ0n) is 9.32. The smallest absolute Gasteiger partial charge is 0.261 e. The van der Waals surface area contributed by atoms with Gasteiger partial charge >= 0.3 is 0 Å². The molecule has 2 amide bonds. The van der Waals surface area contributed by atoms with Crippen LogP contribution in [0.2, 0.25) is 0 Å². The molecule has 0 radical (unpaired) electrons. The van der Waals surface area contributed by atoms with Crippen LogP contribution in [0.4, 0.5) is 8.78 Å². The van der Waals surface area contributed by atoms with Crippen LogP contribution in [0.25, 0.3) is 5.57 Å². The van der Waals surface area contributed by atoms with Crippen molar-refractivity contribution in [2.75, 3.05) is 13.1 Å². The van der Waals surface area contributed by atoms with E-state index in [0.717, 1.165) is 23.1 Å². The Morgan fingerprint density at radius 1 is 1.17 bits per heavy atom. The number of hydrogen-bond donors (Lipinski definition) is 1. The van der Waals surface area contributed by atoms with E-state index < -0.39 is 23.4 Å². The monoisotopic (exact) mass is 252 g/mol. The van der Waals surface area contributed by atoms with Crippen LogP contribution < -0.4 is 5.73 Å². The van der Waals surface area contributed by atoms with Crippen molar-refractivity contribution in [1.82, 2.24) is 4.90 Å². The van der Waals surface area contributed by atoms with Crippen LogP contribution in [0.3, 0.4) is 0 Å². The molecule has 94 valence electrons. The fourth-order valence-corrected chi connectivity index (χ4v) is 1.72. The summed E-state index contributed by atoms with van der Waals surface area (Å²) in [7, 11) is 0. The molecule has 0 bridgehead atoms. The van der Waals surface area contributed by atoms with Crippen molar-refractivity contribution >= 4 is 17.4 Å². The number of halogens is 2. The first kappa shape index (κ1) is 12.4. The van der Waals surface area contributed by atoms with Gasteiger partial charge in [-0.1, -0.05) is 6.07 Å². The maximum Gasteiger partial charge on any atom is 0.261 e. The lowest BCUT2D eigenvalue weighted by atomic mass is 10.1. The highest BCUT2D eigenvalue weighted by atomic mass is 19.2. The summed E-state index contributed by atoms with van der Waals surface area (Å²) in [6, 6.07) is 3.05. The number of imide groups is 1. The summed E-state index contributed by atoms with van der Waals surface area (Å²) < 4.78 is 25.9. The van der Waals surface area contributed by atoms with Crippen molar-refractivity contribution in [3.8, 4) is 0 Å². The Bertz CT molecular complexity index is 555. The van der Waals surface area contributed by atoms with E-state index in [4.69, 9.17) is 5.73 Å². The average molecular weight is 252 g/mol. The molecule has 0 spiro atoms. The van der Waals surface area contributed by atoms with Crippen LogP contribution in [0.1, 0.15) is 5.56 Å². The Hall–Kier alpha value is -2.08. The van der Waals surface area contributed by atoms with Gasteiger partial charge in [-0.15, -0.1) is 0 Å². The molecule has 2 N–H and O–H groups in total. The fraction of sp³-hybridized carbons (Fsp3) is 0.167. The molecule has 6 heteroatoms. The number of nitrogens with two attached hydrogens (primary N) is 1. The quantitative estimate of drug-likeness (QED) is 0.804. The number of carbonyl (C=O) groups excluding carboxylic acids is 2. The van der Waals surface area contributed by atoms with Gasteiger partial charge in [0.05, 0.1) is 5.57 Å². The van der Waals surface area contributed by atoms with E-state index in [2.05, 4.69) is 0 Å². The number of rotatable bonds is 3. The summed E-state index contributed by atoms with van der Waals surface area (Å²) in [5.74, 6) is -3.11. The van der Waals surface area contributed by atoms with E-state index in [9.17, 15) is 18.4 Å². The summed E-state index contributed by atoms with van der Waals surface area (Å²) in [6.45, 7) is 0.248. The zero-order valence-corrected chi connectivity index (χ0v) is 9.32. The van der Waals surface area contributed by atoms with Gasteiger partial charge in [-0.05, 0) is 17.7 Å². The van der Waals surface area contributed by atoms with Crippen molar-refractivity contribution in [3.63, 3.8) is 0 Å². The minimum Gasteiger partial charge on any atom is -0.329 e. The molecule has 0 aromatic heterocycles. The topological polar surface area (TPSA) is 63.4 Å². The molecular formula is C12H10F2N2O2. The van der Waals surface area contributed by atoms with Crippen molar-refractivity contribution in [3.05, 3.63) is 41.5 Å². The second-order valence-corrected chi connectivity index (χ2v) is 3.77. The molecule has 18 heavy (non-hydrogen) atoms. The average Bonchev–Trinajstić information content (AvgIpc) is 2.61. The molecule has 1 aromatic rings. The first-order valence-corrected chi connectivity index (χ1v) is 5.27. The molecular weight excluding hydrogens is 242 g/mol. The number of benzene rings is 1. The van der Waals surface area contributed by atoms with Crippen molar-refractivity contribution in [2.45, 2.75) is 0 Å². The van der Waals surface area contributed by atoms with Crippen LogP contribution in [0, 0.1) is 11.6 Å². The number of amides is 2. The van der Waals surface area contributed by atoms with Crippen LogP contribution in [0.15, 0.2) is 24.3 Å². The summed E-state index contributed by atoms with van der Waals surface area (Å²) in [5, 5.41) is 0. The second kappa shape index (κ2) is 4.66. The maximum absolute atomic E-state index is 13.1. The van der Waals surface area contributed by atoms with E-state index in [-0.39, 0.29) is 24.2 Å². The number of carbonyl (C=O) groups is 2. The molecule has 2 rings (SSSR count). The maximum atomic E-state index is 13.1. The van der Waals surface area contributed by atoms with Crippen LogP contribution in [-0.2, 0) is 9.59 Å². The highest BCUT2D eigenvalue weighted by Gasteiger charge is 2.31. The molecule has 4 nitrogen and oxygen atoms in total. The third-order valence-corrected chi connectivity index (χ3v) is 2.59. The zero-order chi connectivity index (χ0) is 13.3. The number of nitrogens with zero attached hydrogens (tertiary/aromatic N) is 1. The van der Waals surface area contributed by atoms with Gasteiger partial charge in [-0.3, -0.25) is 14.5 Å². The summed E-state index contributed by atoms with van der Waals surface area (Å²) >= 11 is 0. The van der Waals surface area contributed by atoms with E-state index in [0.29, 0.717) is 0 Å². The van der Waals surface area contributed by atoms with Gasteiger partial charge in [0.1, 0.15) is 0 Å². The molecule has 0 saturated carbocycles. The minimum absolute atomic E-state index is 0.0485. The van der Waals surface area contributed by atoms with Crippen LogP contribution in [0.5, 0.6) is 0 Å². The van der Waals surface area contributed by atoms with Crippen LogP contribution in [-0.4, -0.2) is 29.8 Å². The predicted molar refractivity (Wildman–Crippen MR) is 60.1 cm³/mol.